The Morgan fingerprint density at radius 3 is 2.78 bits per heavy atom. The van der Waals surface area contributed by atoms with Gasteiger partial charge in [-0.05, 0) is 44.1 Å². The van der Waals surface area contributed by atoms with Gasteiger partial charge >= 0.3 is 0 Å². The second kappa shape index (κ2) is 6.71. The summed E-state index contributed by atoms with van der Waals surface area (Å²) in [5.74, 6) is 0.789. The highest BCUT2D eigenvalue weighted by atomic mass is 79.9. The molecule has 96 valence electrons. The fourth-order valence-electron chi connectivity index (χ4n) is 1.77. The first-order valence-corrected chi connectivity index (χ1v) is 6.89. The number of nitrogens with one attached hydrogen (secondary N) is 1. The third-order valence-electron chi connectivity index (χ3n) is 2.73. The Morgan fingerprint density at radius 2 is 2.06 bits per heavy atom. The summed E-state index contributed by atoms with van der Waals surface area (Å²) < 4.78 is 6.58. The Hall–Kier alpha value is -1.13. The van der Waals surface area contributed by atoms with E-state index in [1.807, 2.05) is 19.2 Å². The number of aromatic nitrogens is 1. The van der Waals surface area contributed by atoms with Gasteiger partial charge in [0.15, 0.2) is 5.89 Å². The Bertz CT molecular complexity index is 479. The molecule has 0 fully saturated rings. The first-order chi connectivity index (χ1) is 8.78. The minimum Gasteiger partial charge on any atom is -0.448 e. The quantitative estimate of drug-likeness (QED) is 0.833. The number of oxazole rings is 1. The molecule has 0 unspecified atom stereocenters. The molecule has 0 aliphatic heterocycles. The third-order valence-corrected chi connectivity index (χ3v) is 3.26. The molecule has 1 heterocycles. The molecule has 0 spiro atoms. The average Bonchev–Trinajstić information content (AvgIpc) is 2.80. The maximum Gasteiger partial charge on any atom is 0.198 e. The molecule has 0 bridgehead atoms. The van der Waals surface area contributed by atoms with Gasteiger partial charge in [-0.15, -0.1) is 0 Å². The third kappa shape index (κ3) is 3.96. The van der Waals surface area contributed by atoms with E-state index >= 15 is 0 Å². The Labute approximate surface area is 116 Å². The molecule has 2 aromatic rings. The molecule has 1 N–H and O–H groups in total. The monoisotopic (exact) mass is 308 g/mol. The van der Waals surface area contributed by atoms with Gasteiger partial charge in [-0.1, -0.05) is 28.1 Å². The van der Waals surface area contributed by atoms with Crippen LogP contribution in [0, 0.1) is 0 Å². The molecule has 0 saturated heterocycles. The molecule has 0 atom stereocenters. The smallest absolute Gasteiger partial charge is 0.198 e. The SMILES string of the molecule is CNCCCc1coc(Cc2ccc(Br)cc2)n1. The molecule has 2 rings (SSSR count). The van der Waals surface area contributed by atoms with Crippen molar-refractivity contribution in [3.05, 3.63) is 52.1 Å². The van der Waals surface area contributed by atoms with E-state index in [0.717, 1.165) is 41.9 Å². The van der Waals surface area contributed by atoms with Crippen molar-refractivity contribution in [1.29, 1.82) is 0 Å². The van der Waals surface area contributed by atoms with Crippen LogP contribution in [0.3, 0.4) is 0 Å². The van der Waals surface area contributed by atoms with Crippen LogP contribution in [0.5, 0.6) is 0 Å². The van der Waals surface area contributed by atoms with E-state index < -0.39 is 0 Å². The van der Waals surface area contributed by atoms with E-state index in [1.54, 1.807) is 6.26 Å². The zero-order chi connectivity index (χ0) is 12.8. The summed E-state index contributed by atoms with van der Waals surface area (Å²) in [4.78, 5) is 4.49. The van der Waals surface area contributed by atoms with Gasteiger partial charge in [0.1, 0.15) is 6.26 Å². The van der Waals surface area contributed by atoms with Gasteiger partial charge in [0, 0.05) is 10.9 Å². The van der Waals surface area contributed by atoms with Gasteiger partial charge in [-0.3, -0.25) is 0 Å². The zero-order valence-corrected chi connectivity index (χ0v) is 12.0. The summed E-state index contributed by atoms with van der Waals surface area (Å²) in [5.41, 5.74) is 2.25. The highest BCUT2D eigenvalue weighted by Gasteiger charge is 2.05. The summed E-state index contributed by atoms with van der Waals surface area (Å²) in [6, 6.07) is 8.22. The van der Waals surface area contributed by atoms with Crippen LogP contribution >= 0.6 is 15.9 Å². The van der Waals surface area contributed by atoms with E-state index in [1.165, 1.54) is 5.56 Å². The Kier molecular flexibility index (Phi) is 4.96. The van der Waals surface area contributed by atoms with Crippen molar-refractivity contribution in [1.82, 2.24) is 10.3 Å². The second-order valence-corrected chi connectivity index (χ2v) is 5.16. The summed E-state index contributed by atoms with van der Waals surface area (Å²) in [6.45, 7) is 1.01. The molecule has 1 aromatic heterocycles. The maximum atomic E-state index is 5.49. The van der Waals surface area contributed by atoms with Crippen LogP contribution in [0.4, 0.5) is 0 Å². The predicted octanol–water partition coefficient (Wildman–Crippen LogP) is 3.18. The molecule has 1 aromatic carbocycles. The standard InChI is InChI=1S/C14H17BrN2O/c1-16-8-2-3-13-10-18-14(17-13)9-11-4-6-12(15)7-5-11/h4-7,10,16H,2-3,8-9H2,1H3. The van der Waals surface area contributed by atoms with Crippen molar-refractivity contribution >= 4 is 15.9 Å². The van der Waals surface area contributed by atoms with Crippen LogP contribution in [-0.4, -0.2) is 18.6 Å². The number of hydrogen-bond acceptors (Lipinski definition) is 3. The van der Waals surface area contributed by atoms with E-state index in [4.69, 9.17) is 4.42 Å². The van der Waals surface area contributed by atoms with Crippen LogP contribution in [-0.2, 0) is 12.8 Å². The predicted molar refractivity (Wildman–Crippen MR) is 75.7 cm³/mol. The number of aryl methyl sites for hydroxylation is 1. The molecule has 0 amide bonds. The number of rotatable bonds is 6. The second-order valence-electron chi connectivity index (χ2n) is 4.24. The number of nitrogens with zero attached hydrogens (tertiary/aromatic N) is 1. The van der Waals surface area contributed by atoms with E-state index in [2.05, 4.69) is 38.4 Å². The van der Waals surface area contributed by atoms with Crippen LogP contribution in [0.25, 0.3) is 0 Å². The minimum atomic E-state index is 0.749. The van der Waals surface area contributed by atoms with Crippen molar-refractivity contribution < 1.29 is 4.42 Å². The summed E-state index contributed by atoms with van der Waals surface area (Å²) in [6.07, 6.45) is 4.56. The lowest BCUT2D eigenvalue weighted by molar-refractivity contribution is 0.506. The average molecular weight is 309 g/mol. The number of halogens is 1. The van der Waals surface area contributed by atoms with E-state index in [9.17, 15) is 0 Å². The zero-order valence-electron chi connectivity index (χ0n) is 10.4. The molecular weight excluding hydrogens is 292 g/mol. The molecule has 0 aliphatic carbocycles. The number of hydrogen-bond donors (Lipinski definition) is 1. The highest BCUT2D eigenvalue weighted by molar-refractivity contribution is 9.10. The summed E-state index contributed by atoms with van der Waals surface area (Å²) in [5, 5.41) is 3.13. The van der Waals surface area contributed by atoms with Gasteiger partial charge in [0.25, 0.3) is 0 Å². The van der Waals surface area contributed by atoms with Crippen molar-refractivity contribution in [2.75, 3.05) is 13.6 Å². The molecular formula is C14H17BrN2O. The molecule has 0 saturated carbocycles. The van der Waals surface area contributed by atoms with Gasteiger partial charge in [0.05, 0.1) is 5.69 Å². The Balaban J connectivity index is 1.91. The molecule has 4 heteroatoms. The van der Waals surface area contributed by atoms with E-state index in [-0.39, 0.29) is 0 Å². The van der Waals surface area contributed by atoms with Crippen LogP contribution in [0.2, 0.25) is 0 Å². The van der Waals surface area contributed by atoms with Crippen LogP contribution < -0.4 is 5.32 Å². The number of benzene rings is 1. The fraction of sp³-hybridized carbons (Fsp3) is 0.357. The van der Waals surface area contributed by atoms with Gasteiger partial charge in [-0.2, -0.15) is 0 Å². The largest absolute Gasteiger partial charge is 0.448 e. The van der Waals surface area contributed by atoms with Gasteiger partial charge in [-0.25, -0.2) is 4.98 Å². The lowest BCUT2D eigenvalue weighted by atomic mass is 10.1. The maximum absolute atomic E-state index is 5.49. The molecule has 0 aliphatic rings. The van der Waals surface area contributed by atoms with Crippen LogP contribution in [0.1, 0.15) is 23.6 Å². The van der Waals surface area contributed by atoms with Gasteiger partial charge in [0.2, 0.25) is 0 Å². The lowest BCUT2D eigenvalue weighted by Crippen LogP contribution is -2.08. The topological polar surface area (TPSA) is 38.1 Å². The van der Waals surface area contributed by atoms with Crippen molar-refractivity contribution in [2.24, 2.45) is 0 Å². The van der Waals surface area contributed by atoms with Crippen molar-refractivity contribution in [3.8, 4) is 0 Å². The van der Waals surface area contributed by atoms with E-state index in [0.29, 0.717) is 0 Å². The van der Waals surface area contributed by atoms with Gasteiger partial charge < -0.3 is 9.73 Å². The lowest BCUT2D eigenvalue weighted by Gasteiger charge is -1.97. The molecule has 0 radical (unpaired) electrons. The van der Waals surface area contributed by atoms with Crippen LogP contribution in [0.15, 0.2) is 39.4 Å². The Morgan fingerprint density at radius 1 is 1.28 bits per heavy atom. The first-order valence-electron chi connectivity index (χ1n) is 6.10. The fourth-order valence-corrected chi connectivity index (χ4v) is 2.03. The summed E-state index contributed by atoms with van der Waals surface area (Å²) in [7, 11) is 1.96. The summed E-state index contributed by atoms with van der Waals surface area (Å²) >= 11 is 3.43. The molecule has 18 heavy (non-hydrogen) atoms. The van der Waals surface area contributed by atoms with Crippen molar-refractivity contribution in [3.63, 3.8) is 0 Å². The molecule has 3 nitrogen and oxygen atoms in total. The normalized spacial score (nSPS) is 10.8. The van der Waals surface area contributed by atoms with Crippen molar-refractivity contribution in [2.45, 2.75) is 19.3 Å². The first kappa shape index (κ1) is 13.3. The minimum absolute atomic E-state index is 0.749. The highest BCUT2D eigenvalue weighted by Crippen LogP contribution is 2.14.